The van der Waals surface area contributed by atoms with E-state index in [-0.39, 0.29) is 10.0 Å². The molecule has 0 aliphatic carbocycles. The van der Waals surface area contributed by atoms with Crippen LogP contribution in [0.1, 0.15) is 10.4 Å². The summed E-state index contributed by atoms with van der Waals surface area (Å²) < 4.78 is 13.1. The molecule has 0 spiro atoms. The van der Waals surface area contributed by atoms with E-state index < -0.39 is 30.3 Å². The van der Waals surface area contributed by atoms with Crippen LogP contribution >= 0.6 is 15.9 Å². The summed E-state index contributed by atoms with van der Waals surface area (Å²) in [7, 11) is 0. The van der Waals surface area contributed by atoms with E-state index in [1.54, 1.807) is 0 Å². The van der Waals surface area contributed by atoms with Crippen molar-refractivity contribution in [2.75, 3.05) is 6.61 Å². The average Bonchev–Trinajstić information content (AvgIpc) is 2.28. The number of hydrogen-bond acceptors (Lipinski definition) is 3. The number of halogens is 2. The van der Waals surface area contributed by atoms with Crippen molar-refractivity contribution < 1.29 is 24.2 Å². The molecule has 0 heterocycles. The van der Waals surface area contributed by atoms with Crippen molar-refractivity contribution in [3.8, 4) is 0 Å². The molecule has 92 valence electrons. The van der Waals surface area contributed by atoms with Crippen molar-refractivity contribution in [1.82, 2.24) is 5.32 Å². The number of aliphatic hydroxyl groups excluding tert-OH is 1. The van der Waals surface area contributed by atoms with Gasteiger partial charge in [0.05, 0.1) is 16.6 Å². The number of benzene rings is 1. The van der Waals surface area contributed by atoms with Gasteiger partial charge < -0.3 is 15.5 Å². The Hall–Kier alpha value is -1.47. The molecule has 0 saturated carbocycles. The van der Waals surface area contributed by atoms with Crippen LogP contribution in [0, 0.1) is 5.82 Å². The number of carbonyl (C=O) groups is 2. The first-order chi connectivity index (χ1) is 7.97. The Labute approximate surface area is 104 Å². The summed E-state index contributed by atoms with van der Waals surface area (Å²) >= 11 is 2.88. The van der Waals surface area contributed by atoms with Crippen molar-refractivity contribution in [3.63, 3.8) is 0 Å². The van der Waals surface area contributed by atoms with E-state index in [2.05, 4.69) is 21.2 Å². The van der Waals surface area contributed by atoms with E-state index in [0.29, 0.717) is 0 Å². The molecular weight excluding hydrogens is 297 g/mol. The number of nitrogens with one attached hydrogen (secondary N) is 1. The van der Waals surface area contributed by atoms with Gasteiger partial charge in [-0.05, 0) is 28.1 Å². The molecule has 0 saturated heterocycles. The molecule has 0 bridgehead atoms. The Kier molecular flexibility index (Phi) is 4.59. The van der Waals surface area contributed by atoms with Crippen LogP contribution in [0.25, 0.3) is 0 Å². The van der Waals surface area contributed by atoms with Crippen LogP contribution in [-0.2, 0) is 4.79 Å². The molecule has 0 radical (unpaired) electrons. The maximum absolute atomic E-state index is 13.1. The second-order valence-corrected chi connectivity index (χ2v) is 3.94. The molecule has 0 unspecified atom stereocenters. The monoisotopic (exact) mass is 305 g/mol. The highest BCUT2D eigenvalue weighted by molar-refractivity contribution is 9.10. The molecule has 1 amide bonds. The van der Waals surface area contributed by atoms with Crippen molar-refractivity contribution in [2.45, 2.75) is 6.04 Å². The minimum Gasteiger partial charge on any atom is -0.480 e. The normalized spacial score (nSPS) is 11.9. The topological polar surface area (TPSA) is 86.6 Å². The number of amides is 1. The molecule has 0 aliphatic heterocycles. The molecular formula is C10H9BrFNO4. The van der Waals surface area contributed by atoms with E-state index in [4.69, 9.17) is 10.2 Å². The second-order valence-electron chi connectivity index (χ2n) is 3.15. The first-order valence-electron chi connectivity index (χ1n) is 4.56. The van der Waals surface area contributed by atoms with Gasteiger partial charge in [0, 0.05) is 0 Å². The maximum Gasteiger partial charge on any atom is 0.328 e. The Morgan fingerprint density at radius 3 is 2.65 bits per heavy atom. The number of hydrogen-bond donors (Lipinski definition) is 3. The lowest BCUT2D eigenvalue weighted by molar-refractivity contribution is -0.140. The quantitative estimate of drug-likeness (QED) is 0.766. The number of carbonyl (C=O) groups excluding carboxylic acids is 1. The van der Waals surface area contributed by atoms with Gasteiger partial charge in [-0.1, -0.05) is 6.07 Å². The zero-order valence-corrected chi connectivity index (χ0v) is 10.1. The highest BCUT2D eigenvalue weighted by Gasteiger charge is 2.21. The molecule has 1 aromatic carbocycles. The van der Waals surface area contributed by atoms with E-state index >= 15 is 0 Å². The minimum absolute atomic E-state index is 0.0373. The van der Waals surface area contributed by atoms with Crippen molar-refractivity contribution in [2.24, 2.45) is 0 Å². The first-order valence-corrected chi connectivity index (χ1v) is 5.35. The standard InChI is InChI=1S/C10H9BrFNO4/c11-8-5(2-1-3-6(8)12)9(15)13-7(4-14)10(16)17/h1-3,7,14H,4H2,(H,13,15)(H,16,17)/t7-/m0/s1. The largest absolute Gasteiger partial charge is 0.480 e. The van der Waals surface area contributed by atoms with Crippen molar-refractivity contribution in [3.05, 3.63) is 34.1 Å². The Balaban J connectivity index is 2.90. The fourth-order valence-corrected chi connectivity index (χ4v) is 1.55. The molecule has 0 aliphatic rings. The number of rotatable bonds is 4. The van der Waals surface area contributed by atoms with Gasteiger partial charge in [-0.25, -0.2) is 9.18 Å². The van der Waals surface area contributed by atoms with Gasteiger partial charge in [0.15, 0.2) is 6.04 Å². The smallest absolute Gasteiger partial charge is 0.328 e. The predicted octanol–water partition coefficient (Wildman–Crippen LogP) is 0.764. The molecule has 1 atom stereocenters. The highest BCUT2D eigenvalue weighted by atomic mass is 79.9. The third kappa shape index (κ3) is 3.24. The van der Waals surface area contributed by atoms with Gasteiger partial charge in [0.1, 0.15) is 5.82 Å². The third-order valence-corrected chi connectivity index (χ3v) is 2.79. The van der Waals surface area contributed by atoms with Crippen LogP contribution in [0.15, 0.2) is 22.7 Å². The molecule has 5 nitrogen and oxygen atoms in total. The Morgan fingerprint density at radius 2 is 2.12 bits per heavy atom. The predicted molar refractivity (Wildman–Crippen MR) is 60.1 cm³/mol. The van der Waals surface area contributed by atoms with Gasteiger partial charge in [-0.15, -0.1) is 0 Å². The van der Waals surface area contributed by atoms with E-state index in [9.17, 15) is 14.0 Å². The molecule has 0 fully saturated rings. The minimum atomic E-state index is -1.42. The van der Waals surface area contributed by atoms with Crippen molar-refractivity contribution >= 4 is 27.8 Å². The average molecular weight is 306 g/mol. The molecule has 1 rings (SSSR count). The fraction of sp³-hybridized carbons (Fsp3) is 0.200. The van der Waals surface area contributed by atoms with Crippen LogP contribution in [0.3, 0.4) is 0 Å². The lowest BCUT2D eigenvalue weighted by atomic mass is 10.2. The summed E-state index contributed by atoms with van der Waals surface area (Å²) in [4.78, 5) is 22.2. The molecule has 17 heavy (non-hydrogen) atoms. The van der Waals surface area contributed by atoms with Crippen LogP contribution in [0.2, 0.25) is 0 Å². The summed E-state index contributed by atoms with van der Waals surface area (Å²) in [5.74, 6) is -2.78. The van der Waals surface area contributed by atoms with Crippen LogP contribution < -0.4 is 5.32 Å². The zero-order valence-electron chi connectivity index (χ0n) is 8.48. The molecule has 7 heteroatoms. The Bertz CT molecular complexity index is 452. The Morgan fingerprint density at radius 1 is 1.47 bits per heavy atom. The molecule has 3 N–H and O–H groups in total. The number of aliphatic hydroxyl groups is 1. The number of carboxylic acids is 1. The highest BCUT2D eigenvalue weighted by Crippen LogP contribution is 2.20. The van der Waals surface area contributed by atoms with Gasteiger partial charge >= 0.3 is 5.97 Å². The summed E-state index contributed by atoms with van der Waals surface area (Å²) in [6.45, 7) is -0.742. The molecule has 0 aromatic heterocycles. The zero-order chi connectivity index (χ0) is 13.0. The fourth-order valence-electron chi connectivity index (χ4n) is 1.10. The van der Waals surface area contributed by atoms with Gasteiger partial charge in [0.2, 0.25) is 0 Å². The molecule has 1 aromatic rings. The maximum atomic E-state index is 13.1. The summed E-state index contributed by atoms with van der Waals surface area (Å²) in [6.07, 6.45) is 0. The lowest BCUT2D eigenvalue weighted by Crippen LogP contribution is -2.43. The van der Waals surface area contributed by atoms with Gasteiger partial charge in [-0.2, -0.15) is 0 Å². The summed E-state index contributed by atoms with van der Waals surface area (Å²) in [6, 6.07) is 2.39. The third-order valence-electron chi connectivity index (χ3n) is 1.98. The summed E-state index contributed by atoms with van der Waals surface area (Å²) in [5.41, 5.74) is -0.0373. The second kappa shape index (κ2) is 5.74. The summed E-state index contributed by atoms with van der Waals surface area (Å²) in [5, 5.41) is 19.4. The van der Waals surface area contributed by atoms with Crippen LogP contribution in [0.4, 0.5) is 4.39 Å². The number of aliphatic carboxylic acids is 1. The van der Waals surface area contributed by atoms with E-state index in [0.717, 1.165) is 6.07 Å². The van der Waals surface area contributed by atoms with E-state index in [1.165, 1.54) is 12.1 Å². The van der Waals surface area contributed by atoms with Crippen LogP contribution in [0.5, 0.6) is 0 Å². The van der Waals surface area contributed by atoms with E-state index in [1.807, 2.05) is 0 Å². The van der Waals surface area contributed by atoms with Crippen LogP contribution in [-0.4, -0.2) is 34.7 Å². The number of carboxylic acid groups (broad SMARTS) is 1. The first kappa shape index (κ1) is 13.6. The lowest BCUT2D eigenvalue weighted by Gasteiger charge is -2.12. The van der Waals surface area contributed by atoms with Crippen molar-refractivity contribution in [1.29, 1.82) is 0 Å². The SMILES string of the molecule is O=C(N[C@@H](CO)C(=O)O)c1cccc(F)c1Br. The van der Waals surface area contributed by atoms with Gasteiger partial charge in [-0.3, -0.25) is 4.79 Å². The van der Waals surface area contributed by atoms with Gasteiger partial charge in [0.25, 0.3) is 5.91 Å².